The second-order valence-electron chi connectivity index (χ2n) is 2.04. The van der Waals surface area contributed by atoms with Gasteiger partial charge >= 0.3 is 0 Å². The summed E-state index contributed by atoms with van der Waals surface area (Å²) >= 11 is -0.807. The summed E-state index contributed by atoms with van der Waals surface area (Å²) in [6.07, 6.45) is 6.03. The first-order valence-corrected chi connectivity index (χ1v) is 4.10. The molecule has 1 aliphatic heterocycles. The third-order valence-electron chi connectivity index (χ3n) is 1.52. The fraction of sp³-hybridized carbons (Fsp3) is 0.667. The van der Waals surface area contributed by atoms with Gasteiger partial charge in [0.2, 0.25) is 0 Å². The Kier molecular flexibility index (Phi) is 2.01. The van der Waals surface area contributed by atoms with Gasteiger partial charge in [0, 0.05) is 24.8 Å². The Labute approximate surface area is 58.5 Å². The van der Waals surface area contributed by atoms with Crippen LogP contribution in [-0.2, 0) is 11.4 Å². The van der Waals surface area contributed by atoms with Crippen molar-refractivity contribution in [3.63, 3.8) is 0 Å². The molecular formula is C6H9NOS. The van der Waals surface area contributed by atoms with Gasteiger partial charge in [-0.2, -0.15) is 0 Å². The first-order valence-electron chi connectivity index (χ1n) is 2.83. The zero-order chi connectivity index (χ0) is 6.85. The molecule has 0 N–H and O–H groups in total. The van der Waals surface area contributed by atoms with Crippen LogP contribution in [0.25, 0.3) is 0 Å². The summed E-state index contributed by atoms with van der Waals surface area (Å²) in [5.74, 6) is 3.30. The number of nitrogens with zero attached hydrogens (tertiary/aromatic N) is 1. The minimum absolute atomic E-state index is 0.103. The fourth-order valence-electron chi connectivity index (χ4n) is 0.868. The molecule has 0 aromatic rings. The quantitative estimate of drug-likeness (QED) is 0.352. The Morgan fingerprint density at radius 3 is 2.78 bits per heavy atom. The highest BCUT2D eigenvalue weighted by Crippen LogP contribution is 2.17. The third-order valence-corrected chi connectivity index (χ3v) is 3.00. The predicted octanol–water partition coefficient (Wildman–Crippen LogP) is -0.0126. The van der Waals surface area contributed by atoms with E-state index in [0.717, 1.165) is 12.2 Å². The van der Waals surface area contributed by atoms with E-state index in [1.165, 1.54) is 0 Å². The molecule has 1 saturated heterocycles. The molecule has 9 heavy (non-hydrogen) atoms. The molecule has 2 nitrogen and oxygen atoms in total. The summed E-state index contributed by atoms with van der Waals surface area (Å²) in [4.78, 5) is 0. The predicted molar refractivity (Wildman–Crippen MR) is 38.0 cm³/mol. The summed E-state index contributed by atoms with van der Waals surface area (Å²) in [5.41, 5.74) is 0. The smallest absolute Gasteiger partial charge is 0.128 e. The Bertz CT molecular complexity index is 142. The SMILES string of the molecule is C#CC1CC[S+]([O-])N1C. The van der Waals surface area contributed by atoms with Crippen LogP contribution < -0.4 is 0 Å². The monoisotopic (exact) mass is 143 g/mol. The second kappa shape index (κ2) is 2.61. The number of hydrogen-bond donors (Lipinski definition) is 0. The van der Waals surface area contributed by atoms with E-state index in [1.807, 2.05) is 0 Å². The van der Waals surface area contributed by atoms with Gasteiger partial charge in [0.05, 0.1) is 0 Å². The maximum absolute atomic E-state index is 10.9. The summed E-state index contributed by atoms with van der Waals surface area (Å²) in [5, 5.41) is 0. The summed E-state index contributed by atoms with van der Waals surface area (Å²) in [6.45, 7) is 0. The van der Waals surface area contributed by atoms with Crippen LogP contribution in [0.1, 0.15) is 6.42 Å². The van der Waals surface area contributed by atoms with Crippen molar-refractivity contribution in [3.8, 4) is 12.3 Å². The second-order valence-corrected chi connectivity index (χ2v) is 3.67. The van der Waals surface area contributed by atoms with Crippen molar-refractivity contribution in [1.29, 1.82) is 0 Å². The van der Waals surface area contributed by atoms with Gasteiger partial charge in [-0.05, 0) is 0 Å². The van der Waals surface area contributed by atoms with Crippen molar-refractivity contribution in [3.05, 3.63) is 0 Å². The van der Waals surface area contributed by atoms with Crippen LogP contribution in [0.3, 0.4) is 0 Å². The summed E-state index contributed by atoms with van der Waals surface area (Å²) in [7, 11) is 1.80. The number of rotatable bonds is 0. The molecule has 3 heteroatoms. The van der Waals surface area contributed by atoms with Crippen LogP contribution in [-0.4, -0.2) is 27.7 Å². The lowest BCUT2D eigenvalue weighted by Gasteiger charge is -2.13. The van der Waals surface area contributed by atoms with E-state index in [1.54, 1.807) is 11.4 Å². The van der Waals surface area contributed by atoms with Gasteiger partial charge in [0.25, 0.3) is 0 Å². The minimum Gasteiger partial charge on any atom is -0.598 e. The van der Waals surface area contributed by atoms with E-state index in [9.17, 15) is 4.55 Å². The zero-order valence-electron chi connectivity index (χ0n) is 5.33. The average Bonchev–Trinajstić information content (AvgIpc) is 2.15. The van der Waals surface area contributed by atoms with Gasteiger partial charge in [-0.3, -0.25) is 0 Å². The maximum atomic E-state index is 10.9. The van der Waals surface area contributed by atoms with E-state index >= 15 is 0 Å². The van der Waals surface area contributed by atoms with Crippen LogP contribution in [0.15, 0.2) is 0 Å². The molecule has 1 rings (SSSR count). The molecule has 50 valence electrons. The normalized spacial score (nSPS) is 36.6. The maximum Gasteiger partial charge on any atom is 0.128 e. The summed E-state index contributed by atoms with van der Waals surface area (Å²) in [6, 6.07) is 0.103. The highest BCUT2D eigenvalue weighted by molar-refractivity contribution is 7.89. The third kappa shape index (κ3) is 1.21. The van der Waals surface area contributed by atoms with Gasteiger partial charge in [0.1, 0.15) is 11.8 Å². The van der Waals surface area contributed by atoms with Crippen LogP contribution in [0.5, 0.6) is 0 Å². The van der Waals surface area contributed by atoms with Crippen LogP contribution in [0.4, 0.5) is 0 Å². The molecule has 0 aromatic carbocycles. The molecule has 1 fully saturated rings. The van der Waals surface area contributed by atoms with Crippen LogP contribution in [0, 0.1) is 12.3 Å². The first kappa shape index (κ1) is 6.94. The van der Waals surface area contributed by atoms with Gasteiger partial charge in [-0.15, -0.1) is 10.7 Å². The highest BCUT2D eigenvalue weighted by Gasteiger charge is 2.31. The lowest BCUT2D eigenvalue weighted by atomic mass is 10.2. The van der Waals surface area contributed by atoms with Gasteiger partial charge in [-0.1, -0.05) is 5.92 Å². The number of terminal acetylenes is 1. The van der Waals surface area contributed by atoms with Crippen molar-refractivity contribution in [2.75, 3.05) is 12.8 Å². The molecular weight excluding hydrogens is 134 g/mol. The van der Waals surface area contributed by atoms with Crippen molar-refractivity contribution < 1.29 is 4.55 Å². The van der Waals surface area contributed by atoms with Crippen molar-refractivity contribution >= 4 is 11.4 Å². The Morgan fingerprint density at radius 2 is 2.56 bits per heavy atom. The van der Waals surface area contributed by atoms with Crippen molar-refractivity contribution in [2.24, 2.45) is 0 Å². The van der Waals surface area contributed by atoms with Crippen molar-refractivity contribution in [2.45, 2.75) is 12.5 Å². The molecule has 0 aliphatic carbocycles. The topological polar surface area (TPSA) is 26.3 Å². The Balaban J connectivity index is 2.54. The van der Waals surface area contributed by atoms with Gasteiger partial charge in [-0.25, -0.2) is 0 Å². The lowest BCUT2D eigenvalue weighted by Crippen LogP contribution is -2.27. The average molecular weight is 143 g/mol. The molecule has 2 unspecified atom stereocenters. The lowest BCUT2D eigenvalue weighted by molar-refractivity contribution is 0.460. The van der Waals surface area contributed by atoms with Crippen LogP contribution >= 0.6 is 0 Å². The molecule has 0 aromatic heterocycles. The van der Waals surface area contributed by atoms with E-state index in [0.29, 0.717) is 0 Å². The van der Waals surface area contributed by atoms with Crippen LogP contribution in [0.2, 0.25) is 0 Å². The van der Waals surface area contributed by atoms with Gasteiger partial charge in [0.15, 0.2) is 0 Å². The molecule has 0 spiro atoms. The molecule has 0 radical (unpaired) electrons. The summed E-state index contributed by atoms with van der Waals surface area (Å²) < 4.78 is 12.6. The van der Waals surface area contributed by atoms with E-state index in [2.05, 4.69) is 5.92 Å². The zero-order valence-corrected chi connectivity index (χ0v) is 6.15. The first-order chi connectivity index (χ1) is 4.25. The molecule has 2 atom stereocenters. The molecule has 0 amide bonds. The molecule has 1 aliphatic rings. The fourth-order valence-corrected chi connectivity index (χ4v) is 2.03. The standard InChI is InChI=1S/C6H9NOS/c1-3-6-4-5-9(8)7(6)2/h1,6H,4-5H2,2H3. The Hall–Kier alpha value is -0.170. The molecule has 1 heterocycles. The highest BCUT2D eigenvalue weighted by atomic mass is 32.2. The largest absolute Gasteiger partial charge is 0.598 e. The van der Waals surface area contributed by atoms with Gasteiger partial charge < -0.3 is 4.55 Å². The van der Waals surface area contributed by atoms with E-state index in [4.69, 9.17) is 6.42 Å². The molecule has 0 saturated carbocycles. The van der Waals surface area contributed by atoms with E-state index < -0.39 is 11.4 Å². The Morgan fingerprint density at radius 1 is 1.89 bits per heavy atom. The minimum atomic E-state index is -0.807. The van der Waals surface area contributed by atoms with E-state index in [-0.39, 0.29) is 6.04 Å². The number of hydrogen-bond acceptors (Lipinski definition) is 2. The molecule has 0 bridgehead atoms. The van der Waals surface area contributed by atoms with Crippen molar-refractivity contribution in [1.82, 2.24) is 4.31 Å².